The van der Waals surface area contributed by atoms with Gasteiger partial charge in [-0.15, -0.1) is 0 Å². The lowest BCUT2D eigenvalue weighted by molar-refractivity contribution is 0.101. The van der Waals surface area contributed by atoms with E-state index in [1.54, 1.807) is 6.92 Å². The van der Waals surface area contributed by atoms with E-state index < -0.39 is 0 Å². The van der Waals surface area contributed by atoms with Gasteiger partial charge in [-0.3, -0.25) is 4.79 Å². The molecule has 16 heavy (non-hydrogen) atoms. The van der Waals surface area contributed by atoms with Gasteiger partial charge in [-0.25, -0.2) is 0 Å². The van der Waals surface area contributed by atoms with E-state index in [4.69, 9.17) is 0 Å². The first-order valence-corrected chi connectivity index (χ1v) is 6.19. The van der Waals surface area contributed by atoms with Gasteiger partial charge in [-0.05, 0) is 17.5 Å². The number of carbonyl (C=O) groups is 1. The molecule has 0 aliphatic rings. The number of ketones is 1. The Bertz CT molecular complexity index is 474. The van der Waals surface area contributed by atoms with Crippen molar-refractivity contribution in [3.05, 3.63) is 60.2 Å². The summed E-state index contributed by atoms with van der Waals surface area (Å²) in [6, 6.07) is 18.2. The van der Waals surface area contributed by atoms with Gasteiger partial charge in [0.05, 0.1) is 0 Å². The van der Waals surface area contributed by atoms with Gasteiger partial charge >= 0.3 is 0 Å². The Kier molecular flexibility index (Phi) is 3.48. The zero-order valence-corrected chi connectivity index (χ0v) is 10.1. The summed E-state index contributed by atoms with van der Waals surface area (Å²) < 4.78 is 0. The van der Waals surface area contributed by atoms with Gasteiger partial charge < -0.3 is 0 Å². The molecule has 2 rings (SSSR count). The van der Waals surface area contributed by atoms with Crippen LogP contribution in [0.25, 0.3) is 0 Å². The van der Waals surface area contributed by atoms with Crippen LogP contribution >= 0.6 is 8.58 Å². The lowest BCUT2D eigenvalue weighted by Crippen LogP contribution is -2.03. The molecule has 0 aliphatic carbocycles. The van der Waals surface area contributed by atoms with Crippen molar-refractivity contribution in [2.75, 3.05) is 0 Å². The normalized spacial score (nSPS) is 10.8. The molecule has 0 saturated carbocycles. The molecule has 1 atom stereocenters. The lowest BCUT2D eigenvalue weighted by Gasteiger charge is -2.02. The second kappa shape index (κ2) is 5.05. The van der Waals surface area contributed by atoms with E-state index in [0.29, 0.717) is 8.58 Å². The van der Waals surface area contributed by atoms with Gasteiger partial charge in [-0.2, -0.15) is 0 Å². The molecule has 80 valence electrons. The molecule has 0 amide bonds. The van der Waals surface area contributed by atoms with Crippen LogP contribution in [0, 0.1) is 0 Å². The van der Waals surface area contributed by atoms with Crippen molar-refractivity contribution in [2.24, 2.45) is 0 Å². The smallest absolute Gasteiger partial charge is 0.159 e. The maximum Gasteiger partial charge on any atom is 0.159 e. The Balaban J connectivity index is 2.14. The SMILES string of the molecule is CC(=O)c1ccc(Pc2ccccc2)cc1. The fraction of sp³-hybridized carbons (Fsp3) is 0.0714. The Morgan fingerprint density at radius 1 is 0.875 bits per heavy atom. The van der Waals surface area contributed by atoms with E-state index in [-0.39, 0.29) is 5.78 Å². The Morgan fingerprint density at radius 2 is 1.44 bits per heavy atom. The molecule has 2 heteroatoms. The van der Waals surface area contributed by atoms with Crippen LogP contribution in [0.2, 0.25) is 0 Å². The molecule has 2 aromatic rings. The number of Topliss-reactive ketones (excluding diaryl/α,β-unsaturated/α-hetero) is 1. The molecule has 2 aromatic carbocycles. The van der Waals surface area contributed by atoms with Crippen LogP contribution in [0.15, 0.2) is 54.6 Å². The molecule has 1 nitrogen and oxygen atoms in total. The molecular formula is C14H13OP. The van der Waals surface area contributed by atoms with Crippen LogP contribution in [-0.2, 0) is 0 Å². The van der Waals surface area contributed by atoms with Crippen molar-refractivity contribution in [2.45, 2.75) is 6.92 Å². The molecular weight excluding hydrogens is 215 g/mol. The van der Waals surface area contributed by atoms with E-state index in [1.807, 2.05) is 42.5 Å². The standard InChI is InChI=1S/C14H13OP/c1-11(15)12-7-9-14(10-8-12)16-13-5-3-2-4-6-13/h2-10,16H,1H3. The van der Waals surface area contributed by atoms with Crippen molar-refractivity contribution >= 4 is 25.0 Å². The molecule has 0 N–H and O–H groups in total. The van der Waals surface area contributed by atoms with Crippen LogP contribution in [-0.4, -0.2) is 5.78 Å². The third kappa shape index (κ3) is 2.77. The minimum Gasteiger partial charge on any atom is -0.295 e. The monoisotopic (exact) mass is 228 g/mol. The first kappa shape index (κ1) is 11.0. The second-order valence-electron chi connectivity index (χ2n) is 3.62. The average Bonchev–Trinajstić information content (AvgIpc) is 2.31. The quantitative estimate of drug-likeness (QED) is 0.582. The number of carbonyl (C=O) groups excluding carboxylic acids is 1. The second-order valence-corrected chi connectivity index (χ2v) is 5.03. The van der Waals surface area contributed by atoms with Crippen LogP contribution in [0.1, 0.15) is 17.3 Å². The van der Waals surface area contributed by atoms with E-state index in [9.17, 15) is 4.79 Å². The number of rotatable bonds is 3. The van der Waals surface area contributed by atoms with Crippen molar-refractivity contribution in [3.63, 3.8) is 0 Å². The molecule has 0 aliphatic heterocycles. The van der Waals surface area contributed by atoms with Gasteiger partial charge in [0.15, 0.2) is 5.78 Å². The maximum atomic E-state index is 11.1. The predicted molar refractivity (Wildman–Crippen MR) is 70.5 cm³/mol. The van der Waals surface area contributed by atoms with Gasteiger partial charge in [0.25, 0.3) is 0 Å². The summed E-state index contributed by atoms with van der Waals surface area (Å²) in [6.45, 7) is 1.59. The zero-order valence-electron chi connectivity index (χ0n) is 9.10. The van der Waals surface area contributed by atoms with E-state index in [1.165, 1.54) is 10.6 Å². The van der Waals surface area contributed by atoms with Gasteiger partial charge in [0.1, 0.15) is 0 Å². The Morgan fingerprint density at radius 3 is 2.00 bits per heavy atom. The predicted octanol–water partition coefficient (Wildman–Crippen LogP) is 2.52. The van der Waals surface area contributed by atoms with Crippen LogP contribution in [0.4, 0.5) is 0 Å². The van der Waals surface area contributed by atoms with Crippen LogP contribution in [0.5, 0.6) is 0 Å². The molecule has 0 radical (unpaired) electrons. The highest BCUT2D eigenvalue weighted by Gasteiger charge is 1.99. The highest BCUT2D eigenvalue weighted by atomic mass is 31.1. The van der Waals surface area contributed by atoms with Crippen molar-refractivity contribution < 1.29 is 4.79 Å². The summed E-state index contributed by atoms with van der Waals surface area (Å²) in [4.78, 5) is 11.1. The van der Waals surface area contributed by atoms with Crippen LogP contribution < -0.4 is 10.6 Å². The number of hydrogen-bond donors (Lipinski definition) is 0. The van der Waals surface area contributed by atoms with E-state index in [0.717, 1.165) is 5.56 Å². The summed E-state index contributed by atoms with van der Waals surface area (Å²) in [6.07, 6.45) is 0. The van der Waals surface area contributed by atoms with Gasteiger partial charge in [0.2, 0.25) is 0 Å². The van der Waals surface area contributed by atoms with E-state index >= 15 is 0 Å². The first-order chi connectivity index (χ1) is 7.75. The largest absolute Gasteiger partial charge is 0.295 e. The summed E-state index contributed by atoms with van der Waals surface area (Å²) in [5.74, 6) is 0.120. The number of benzene rings is 2. The highest BCUT2D eigenvalue weighted by Crippen LogP contribution is 2.10. The topological polar surface area (TPSA) is 17.1 Å². The van der Waals surface area contributed by atoms with Crippen molar-refractivity contribution in [1.82, 2.24) is 0 Å². The lowest BCUT2D eigenvalue weighted by atomic mass is 10.2. The third-order valence-corrected chi connectivity index (χ3v) is 3.60. The average molecular weight is 228 g/mol. The Hall–Kier alpha value is -1.46. The summed E-state index contributed by atoms with van der Waals surface area (Å²) in [5, 5.41) is 2.58. The molecule has 0 spiro atoms. The summed E-state index contributed by atoms with van der Waals surface area (Å²) in [7, 11) is 0.655. The molecule has 0 aromatic heterocycles. The molecule has 0 fully saturated rings. The summed E-state index contributed by atoms with van der Waals surface area (Å²) >= 11 is 0. The van der Waals surface area contributed by atoms with Crippen LogP contribution in [0.3, 0.4) is 0 Å². The molecule has 0 bridgehead atoms. The van der Waals surface area contributed by atoms with Crippen molar-refractivity contribution in [3.8, 4) is 0 Å². The fourth-order valence-corrected chi connectivity index (χ4v) is 2.50. The minimum absolute atomic E-state index is 0.120. The van der Waals surface area contributed by atoms with Crippen molar-refractivity contribution in [1.29, 1.82) is 0 Å². The van der Waals surface area contributed by atoms with E-state index in [2.05, 4.69) is 12.1 Å². The fourth-order valence-electron chi connectivity index (χ4n) is 1.48. The minimum atomic E-state index is 0.120. The third-order valence-electron chi connectivity index (χ3n) is 2.35. The molecule has 0 heterocycles. The maximum absolute atomic E-state index is 11.1. The first-order valence-electron chi connectivity index (χ1n) is 5.19. The molecule has 0 saturated heterocycles. The highest BCUT2D eigenvalue weighted by molar-refractivity contribution is 7.55. The Labute approximate surface area is 97.3 Å². The summed E-state index contributed by atoms with van der Waals surface area (Å²) in [5.41, 5.74) is 0.779. The zero-order chi connectivity index (χ0) is 11.4. The van der Waals surface area contributed by atoms with Gasteiger partial charge in [-0.1, -0.05) is 63.2 Å². The molecule has 1 unspecified atom stereocenters. The van der Waals surface area contributed by atoms with Gasteiger partial charge in [0, 0.05) is 5.56 Å². The number of hydrogen-bond acceptors (Lipinski definition) is 1.